The van der Waals surface area contributed by atoms with Gasteiger partial charge in [-0.3, -0.25) is 9.36 Å². The lowest BCUT2D eigenvalue weighted by molar-refractivity contribution is 0.0509. The van der Waals surface area contributed by atoms with Crippen molar-refractivity contribution >= 4 is 42.5 Å². The third-order valence-electron chi connectivity index (χ3n) is 7.26. The lowest BCUT2D eigenvalue weighted by Gasteiger charge is -2.19. The topological polar surface area (TPSA) is 117 Å². The van der Waals surface area contributed by atoms with Crippen LogP contribution in [0.25, 0.3) is 10.9 Å². The molecule has 1 unspecified atom stereocenters. The Hall–Kier alpha value is -4.02. The summed E-state index contributed by atoms with van der Waals surface area (Å²) in [7, 11) is -8.56. The fourth-order valence-corrected chi connectivity index (χ4v) is 10.5. The lowest BCUT2D eigenvalue weighted by Crippen LogP contribution is -2.35. The van der Waals surface area contributed by atoms with E-state index < -0.39 is 35.6 Å². The monoisotopic (exact) mass is 591 g/mol. The molecule has 1 saturated carbocycles. The number of benzene rings is 3. The molecule has 1 aliphatic rings. The minimum absolute atomic E-state index is 0.0121. The molecule has 3 aromatic carbocycles. The van der Waals surface area contributed by atoms with E-state index in [0.717, 1.165) is 5.39 Å². The molecule has 1 heterocycles. The number of carbonyl (C=O) groups excluding carboxylic acids is 2. The second-order valence-electron chi connectivity index (χ2n) is 9.76. The molecule has 212 valence electrons. The van der Waals surface area contributed by atoms with Gasteiger partial charge in [0.25, 0.3) is 0 Å². The van der Waals surface area contributed by atoms with E-state index in [1.165, 1.54) is 28.8 Å². The number of allylic oxidation sites excluding steroid dienone is 2. The maximum Gasteiger partial charge on any atom is 0.355 e. The van der Waals surface area contributed by atoms with Crippen LogP contribution < -0.4 is 0 Å². The smallest absolute Gasteiger partial charge is 0.355 e. The maximum absolute atomic E-state index is 13.8. The highest BCUT2D eigenvalue weighted by atomic mass is 32.3. The van der Waals surface area contributed by atoms with Gasteiger partial charge < -0.3 is 4.74 Å². The Kier molecular flexibility index (Phi) is 7.72. The fraction of sp³-hybridized carbons (Fsp3) is 0.226. The summed E-state index contributed by atoms with van der Waals surface area (Å²) >= 11 is 0. The van der Waals surface area contributed by atoms with Crippen LogP contribution in [0.2, 0.25) is 0 Å². The van der Waals surface area contributed by atoms with E-state index in [-0.39, 0.29) is 47.3 Å². The number of para-hydroxylation sites is 1. The zero-order chi connectivity index (χ0) is 29.3. The minimum atomic E-state index is -4.28. The van der Waals surface area contributed by atoms with Crippen molar-refractivity contribution in [2.45, 2.75) is 40.1 Å². The van der Waals surface area contributed by atoms with Gasteiger partial charge in [0.1, 0.15) is 5.69 Å². The van der Waals surface area contributed by atoms with E-state index in [1.54, 1.807) is 79.7 Å². The second kappa shape index (κ2) is 11.1. The normalized spacial score (nSPS) is 16.6. The van der Waals surface area contributed by atoms with Crippen molar-refractivity contribution in [3.05, 3.63) is 109 Å². The van der Waals surface area contributed by atoms with Crippen LogP contribution in [0.5, 0.6) is 0 Å². The summed E-state index contributed by atoms with van der Waals surface area (Å²) < 4.78 is 59.7. The van der Waals surface area contributed by atoms with Crippen molar-refractivity contribution in [2.24, 2.45) is 5.92 Å². The predicted molar refractivity (Wildman–Crippen MR) is 155 cm³/mol. The fourth-order valence-electron chi connectivity index (χ4n) is 5.18. The number of rotatable bonds is 10. The van der Waals surface area contributed by atoms with Gasteiger partial charge in [-0.1, -0.05) is 66.7 Å². The van der Waals surface area contributed by atoms with Gasteiger partial charge >= 0.3 is 5.97 Å². The van der Waals surface area contributed by atoms with Gasteiger partial charge in [0.05, 0.1) is 21.9 Å². The van der Waals surface area contributed by atoms with Crippen LogP contribution in [0.1, 0.15) is 41.5 Å². The van der Waals surface area contributed by atoms with Crippen molar-refractivity contribution in [1.29, 1.82) is 0 Å². The summed E-state index contributed by atoms with van der Waals surface area (Å²) in [6.07, 6.45) is 3.35. The Morgan fingerprint density at radius 3 is 2.02 bits per heavy atom. The van der Waals surface area contributed by atoms with Crippen molar-refractivity contribution in [3.63, 3.8) is 0 Å². The number of aromatic nitrogens is 1. The van der Waals surface area contributed by atoms with Crippen LogP contribution in [-0.2, 0) is 24.4 Å². The largest absolute Gasteiger partial charge is 0.461 e. The lowest BCUT2D eigenvalue weighted by atomic mass is 10.2. The van der Waals surface area contributed by atoms with E-state index in [2.05, 4.69) is 0 Å². The Morgan fingerprint density at radius 1 is 0.878 bits per heavy atom. The third-order valence-corrected chi connectivity index (χ3v) is 13.1. The van der Waals surface area contributed by atoms with Crippen LogP contribution in [0.4, 0.5) is 0 Å². The van der Waals surface area contributed by atoms with E-state index in [1.807, 2.05) is 6.07 Å². The third kappa shape index (κ3) is 4.91. The second-order valence-corrected chi connectivity index (χ2v) is 14.4. The van der Waals surface area contributed by atoms with Gasteiger partial charge in [0.2, 0.25) is 5.91 Å². The number of carbonyl (C=O) groups is 2. The first-order chi connectivity index (χ1) is 19.6. The molecule has 0 aliphatic heterocycles. The summed E-state index contributed by atoms with van der Waals surface area (Å²) in [5.41, 5.74) is 0.708. The number of nitrogens with zero attached hydrogens (tertiary/aromatic N) is 1. The molecule has 4 aromatic rings. The highest BCUT2D eigenvalue weighted by Crippen LogP contribution is 2.59. The summed E-state index contributed by atoms with van der Waals surface area (Å²) in [6, 6.07) is 23.9. The summed E-state index contributed by atoms with van der Waals surface area (Å²) in [6.45, 7) is 1.85. The molecule has 41 heavy (non-hydrogen) atoms. The van der Waals surface area contributed by atoms with Gasteiger partial charge in [-0.25, -0.2) is 21.6 Å². The first kappa shape index (κ1) is 28.5. The van der Waals surface area contributed by atoms with Crippen molar-refractivity contribution in [1.82, 2.24) is 4.57 Å². The number of hydrogen-bond acceptors (Lipinski definition) is 7. The molecule has 0 saturated heterocycles. The molecular formula is C31H29NO7S2. The van der Waals surface area contributed by atoms with Gasteiger partial charge in [0, 0.05) is 17.7 Å². The minimum Gasteiger partial charge on any atom is -0.461 e. The summed E-state index contributed by atoms with van der Waals surface area (Å²) in [5.74, 6) is -1.74. The molecule has 5 rings (SSSR count). The zero-order valence-electron chi connectivity index (χ0n) is 22.3. The highest BCUT2D eigenvalue weighted by molar-refractivity contribution is 8.10. The zero-order valence-corrected chi connectivity index (χ0v) is 24.0. The van der Waals surface area contributed by atoms with Crippen LogP contribution in [0.3, 0.4) is 0 Å². The molecule has 0 spiro atoms. The number of ether oxygens (including phenoxy) is 1. The molecule has 1 aliphatic carbocycles. The predicted octanol–water partition coefficient (Wildman–Crippen LogP) is 5.46. The van der Waals surface area contributed by atoms with Crippen LogP contribution in [0.15, 0.2) is 113 Å². The summed E-state index contributed by atoms with van der Waals surface area (Å²) in [4.78, 5) is 25.7. The van der Waals surface area contributed by atoms with E-state index in [4.69, 9.17) is 4.74 Å². The first-order valence-electron chi connectivity index (χ1n) is 13.2. The summed E-state index contributed by atoms with van der Waals surface area (Å²) in [5, 5.41) is 0.722. The van der Waals surface area contributed by atoms with Gasteiger partial charge in [-0.05, 0) is 56.2 Å². The molecule has 10 heteroatoms. The Labute approximate surface area is 239 Å². The molecule has 8 nitrogen and oxygen atoms in total. The molecule has 1 aromatic heterocycles. The molecule has 0 radical (unpaired) electrons. The average molecular weight is 592 g/mol. The number of hydrogen-bond donors (Lipinski definition) is 0. The van der Waals surface area contributed by atoms with Crippen molar-refractivity contribution in [2.75, 3.05) is 6.61 Å². The molecular weight excluding hydrogens is 562 g/mol. The van der Waals surface area contributed by atoms with Crippen molar-refractivity contribution < 1.29 is 31.2 Å². The molecule has 0 bridgehead atoms. The Bertz CT molecular complexity index is 1770. The van der Waals surface area contributed by atoms with Gasteiger partial charge in [0.15, 0.2) is 23.8 Å². The van der Waals surface area contributed by atoms with E-state index >= 15 is 0 Å². The molecule has 1 atom stereocenters. The number of sulfone groups is 2. The SMILES string of the molecule is CCOC(=O)c1cc2ccccc2n1C(=O)CC/C=C/C1CC1(S(=O)(=O)c1ccccc1)S(=O)(=O)c1ccccc1. The van der Waals surface area contributed by atoms with Crippen LogP contribution in [-0.4, -0.2) is 44.0 Å². The Morgan fingerprint density at radius 2 is 1.44 bits per heavy atom. The molecule has 0 amide bonds. The Balaban J connectivity index is 1.40. The van der Waals surface area contributed by atoms with Gasteiger partial charge in [-0.15, -0.1) is 0 Å². The van der Waals surface area contributed by atoms with Crippen LogP contribution >= 0.6 is 0 Å². The molecule has 1 fully saturated rings. The first-order valence-corrected chi connectivity index (χ1v) is 16.2. The number of fused-ring (bicyclic) bond motifs is 1. The van der Waals surface area contributed by atoms with Crippen molar-refractivity contribution in [3.8, 4) is 0 Å². The van der Waals surface area contributed by atoms with Crippen LogP contribution in [0, 0.1) is 5.92 Å². The standard InChI is InChI=1S/C31H29NO7S2/c1-2-39-30(34)28-21-23-13-9-11-19-27(23)32(28)29(33)20-12-10-14-24-22-31(24,40(35,36)25-15-5-3-6-16-25)41(37,38)26-17-7-4-8-18-26/h3-11,13-19,21,24H,2,12,20,22H2,1H3/b14-10+. The van der Waals surface area contributed by atoms with Gasteiger partial charge in [-0.2, -0.15) is 0 Å². The highest BCUT2D eigenvalue weighted by Gasteiger charge is 2.71. The quantitative estimate of drug-likeness (QED) is 0.178. The number of esters is 1. The van der Waals surface area contributed by atoms with E-state index in [0.29, 0.717) is 5.52 Å². The van der Waals surface area contributed by atoms with E-state index in [9.17, 15) is 26.4 Å². The maximum atomic E-state index is 13.8. The average Bonchev–Trinajstić information content (AvgIpc) is 3.62. The molecule has 0 N–H and O–H groups in total.